The molecule has 0 aromatic carbocycles. The number of carbonyl (C=O) groups excluding carboxylic acids is 1. The van der Waals surface area contributed by atoms with Crippen LogP contribution in [0.5, 0.6) is 0 Å². The van der Waals surface area contributed by atoms with Crippen molar-refractivity contribution in [1.82, 2.24) is 15.1 Å². The Morgan fingerprint density at radius 3 is 3.33 bits per heavy atom. The number of methoxy groups -OCH3 is 1. The lowest BCUT2D eigenvalue weighted by Crippen LogP contribution is -2.26. The number of ether oxygens (including phenoxy) is 1. The standard InChI is InChI=1S/C10H15N3O2/c1-15-10(14)8-5-12-13(6-8)7-9-3-2-4-11-9/h5-6,9,11H,2-4,7H2,1H3. The molecule has 0 saturated carbocycles. The van der Waals surface area contributed by atoms with Gasteiger partial charge in [0, 0.05) is 12.2 Å². The summed E-state index contributed by atoms with van der Waals surface area (Å²) < 4.78 is 6.40. The first-order valence-electron chi connectivity index (χ1n) is 5.14. The maximum absolute atomic E-state index is 11.2. The van der Waals surface area contributed by atoms with E-state index in [0.29, 0.717) is 11.6 Å². The van der Waals surface area contributed by atoms with Crippen LogP contribution in [0.4, 0.5) is 0 Å². The summed E-state index contributed by atoms with van der Waals surface area (Å²) in [5.74, 6) is -0.333. The summed E-state index contributed by atoms with van der Waals surface area (Å²) in [6.45, 7) is 1.90. The molecule has 1 fully saturated rings. The molecule has 0 spiro atoms. The number of esters is 1. The van der Waals surface area contributed by atoms with Gasteiger partial charge in [-0.05, 0) is 19.4 Å². The zero-order valence-corrected chi connectivity index (χ0v) is 8.77. The van der Waals surface area contributed by atoms with Crippen LogP contribution >= 0.6 is 0 Å². The Balaban J connectivity index is 1.97. The molecule has 2 rings (SSSR count). The first kappa shape index (κ1) is 10.2. The van der Waals surface area contributed by atoms with E-state index in [1.807, 2.05) is 0 Å². The van der Waals surface area contributed by atoms with E-state index in [1.165, 1.54) is 20.0 Å². The molecule has 1 aromatic rings. The third-order valence-electron chi connectivity index (χ3n) is 2.62. The SMILES string of the molecule is COC(=O)c1cnn(CC2CCCN2)c1. The predicted molar refractivity (Wildman–Crippen MR) is 54.6 cm³/mol. The Morgan fingerprint density at radius 2 is 2.67 bits per heavy atom. The van der Waals surface area contributed by atoms with Crippen LogP contribution < -0.4 is 5.32 Å². The molecule has 2 heterocycles. The quantitative estimate of drug-likeness (QED) is 0.733. The Hall–Kier alpha value is -1.36. The highest BCUT2D eigenvalue weighted by molar-refractivity contribution is 5.88. The van der Waals surface area contributed by atoms with E-state index in [9.17, 15) is 4.79 Å². The van der Waals surface area contributed by atoms with Crippen molar-refractivity contribution in [3.8, 4) is 0 Å². The molecule has 5 nitrogen and oxygen atoms in total. The van der Waals surface area contributed by atoms with Gasteiger partial charge >= 0.3 is 5.97 Å². The number of nitrogens with one attached hydrogen (secondary N) is 1. The molecule has 1 aliphatic heterocycles. The van der Waals surface area contributed by atoms with Gasteiger partial charge in [0.1, 0.15) is 0 Å². The Bertz CT molecular complexity index is 342. The fraction of sp³-hybridized carbons (Fsp3) is 0.600. The van der Waals surface area contributed by atoms with Crippen molar-refractivity contribution < 1.29 is 9.53 Å². The van der Waals surface area contributed by atoms with Gasteiger partial charge in [-0.15, -0.1) is 0 Å². The summed E-state index contributed by atoms with van der Waals surface area (Å²) in [5, 5.41) is 7.51. The van der Waals surface area contributed by atoms with Crippen LogP contribution in [0.2, 0.25) is 0 Å². The molecule has 0 bridgehead atoms. The van der Waals surface area contributed by atoms with Crippen molar-refractivity contribution in [3.63, 3.8) is 0 Å². The summed E-state index contributed by atoms with van der Waals surface area (Å²) in [6.07, 6.45) is 5.66. The average Bonchev–Trinajstić information content (AvgIpc) is 2.88. The highest BCUT2D eigenvalue weighted by atomic mass is 16.5. The fourth-order valence-corrected chi connectivity index (χ4v) is 1.83. The maximum Gasteiger partial charge on any atom is 0.341 e. The van der Waals surface area contributed by atoms with Crippen molar-refractivity contribution in [2.24, 2.45) is 0 Å². The van der Waals surface area contributed by atoms with Crippen LogP contribution in [0.3, 0.4) is 0 Å². The van der Waals surface area contributed by atoms with Gasteiger partial charge in [-0.2, -0.15) is 5.10 Å². The van der Waals surface area contributed by atoms with Crippen LogP contribution in [0.15, 0.2) is 12.4 Å². The molecule has 1 N–H and O–H groups in total. The molecule has 1 saturated heterocycles. The Morgan fingerprint density at radius 1 is 1.80 bits per heavy atom. The van der Waals surface area contributed by atoms with Gasteiger partial charge in [0.15, 0.2) is 0 Å². The minimum Gasteiger partial charge on any atom is -0.465 e. The molecule has 1 aromatic heterocycles. The second-order valence-corrected chi connectivity index (χ2v) is 3.74. The van der Waals surface area contributed by atoms with E-state index in [1.54, 1.807) is 17.1 Å². The Kier molecular flexibility index (Phi) is 3.01. The number of nitrogens with zero attached hydrogens (tertiary/aromatic N) is 2. The van der Waals surface area contributed by atoms with Crippen LogP contribution in [-0.4, -0.2) is 35.4 Å². The van der Waals surface area contributed by atoms with Crippen LogP contribution in [-0.2, 0) is 11.3 Å². The molecular weight excluding hydrogens is 194 g/mol. The van der Waals surface area contributed by atoms with Gasteiger partial charge in [-0.25, -0.2) is 4.79 Å². The van der Waals surface area contributed by atoms with E-state index in [2.05, 4.69) is 15.2 Å². The van der Waals surface area contributed by atoms with Gasteiger partial charge in [0.2, 0.25) is 0 Å². The Labute approximate surface area is 88.4 Å². The highest BCUT2D eigenvalue weighted by Gasteiger charge is 2.15. The van der Waals surface area contributed by atoms with E-state index in [-0.39, 0.29) is 5.97 Å². The molecule has 15 heavy (non-hydrogen) atoms. The summed E-state index contributed by atoms with van der Waals surface area (Å²) in [5.41, 5.74) is 0.510. The van der Waals surface area contributed by atoms with Gasteiger partial charge < -0.3 is 10.1 Å². The van der Waals surface area contributed by atoms with Crippen molar-refractivity contribution in [2.45, 2.75) is 25.4 Å². The second kappa shape index (κ2) is 4.44. The lowest BCUT2D eigenvalue weighted by molar-refractivity contribution is 0.0600. The summed E-state index contributed by atoms with van der Waals surface area (Å²) >= 11 is 0. The summed E-state index contributed by atoms with van der Waals surface area (Å²) in [7, 11) is 1.37. The van der Waals surface area contributed by atoms with Crippen molar-refractivity contribution >= 4 is 5.97 Å². The van der Waals surface area contributed by atoms with Crippen molar-refractivity contribution in [3.05, 3.63) is 18.0 Å². The van der Waals surface area contributed by atoms with E-state index in [0.717, 1.165) is 13.1 Å². The molecule has 0 amide bonds. The highest BCUT2D eigenvalue weighted by Crippen LogP contribution is 2.08. The first-order valence-corrected chi connectivity index (χ1v) is 5.14. The normalized spacial score (nSPS) is 20.5. The number of carbonyl (C=O) groups is 1. The second-order valence-electron chi connectivity index (χ2n) is 3.74. The van der Waals surface area contributed by atoms with Gasteiger partial charge in [-0.3, -0.25) is 4.68 Å². The van der Waals surface area contributed by atoms with Crippen molar-refractivity contribution in [1.29, 1.82) is 0 Å². The lowest BCUT2D eigenvalue weighted by Gasteiger charge is -2.09. The van der Waals surface area contributed by atoms with E-state index in [4.69, 9.17) is 0 Å². The van der Waals surface area contributed by atoms with Crippen LogP contribution in [0.25, 0.3) is 0 Å². The van der Waals surface area contributed by atoms with E-state index < -0.39 is 0 Å². The molecule has 0 aliphatic carbocycles. The zero-order valence-electron chi connectivity index (χ0n) is 8.77. The van der Waals surface area contributed by atoms with Crippen molar-refractivity contribution in [2.75, 3.05) is 13.7 Å². The van der Waals surface area contributed by atoms with Gasteiger partial charge in [0.25, 0.3) is 0 Å². The minimum atomic E-state index is -0.333. The van der Waals surface area contributed by atoms with E-state index >= 15 is 0 Å². The monoisotopic (exact) mass is 209 g/mol. The van der Waals surface area contributed by atoms with Crippen LogP contribution in [0, 0.1) is 0 Å². The van der Waals surface area contributed by atoms with Crippen LogP contribution in [0.1, 0.15) is 23.2 Å². The van der Waals surface area contributed by atoms with Gasteiger partial charge in [-0.1, -0.05) is 0 Å². The average molecular weight is 209 g/mol. The third-order valence-corrected chi connectivity index (χ3v) is 2.62. The van der Waals surface area contributed by atoms with Gasteiger partial charge in [0.05, 0.1) is 25.4 Å². The maximum atomic E-state index is 11.2. The molecule has 1 aliphatic rings. The lowest BCUT2D eigenvalue weighted by atomic mass is 10.2. The first-order chi connectivity index (χ1) is 7.29. The number of hydrogen-bond acceptors (Lipinski definition) is 4. The number of rotatable bonds is 3. The zero-order chi connectivity index (χ0) is 10.7. The number of hydrogen-bond donors (Lipinski definition) is 1. The predicted octanol–water partition coefficient (Wildman–Crippen LogP) is 0.422. The molecular formula is C10H15N3O2. The molecule has 5 heteroatoms. The topological polar surface area (TPSA) is 56.1 Å². The summed E-state index contributed by atoms with van der Waals surface area (Å²) in [4.78, 5) is 11.2. The largest absolute Gasteiger partial charge is 0.465 e. The molecule has 1 atom stereocenters. The molecule has 82 valence electrons. The third kappa shape index (κ3) is 2.36. The molecule has 1 unspecified atom stereocenters. The molecule has 0 radical (unpaired) electrons. The smallest absolute Gasteiger partial charge is 0.341 e. The fourth-order valence-electron chi connectivity index (χ4n) is 1.83. The minimum absolute atomic E-state index is 0.333. The summed E-state index contributed by atoms with van der Waals surface area (Å²) in [6, 6.07) is 0.482. The number of aromatic nitrogens is 2.